The van der Waals surface area contributed by atoms with Crippen LogP contribution in [0.2, 0.25) is 0 Å². The molecule has 130 valence electrons. The molecule has 2 aromatic heterocycles. The van der Waals surface area contributed by atoms with Crippen molar-refractivity contribution >= 4 is 5.91 Å². The van der Waals surface area contributed by atoms with Crippen LogP contribution in [0.3, 0.4) is 0 Å². The highest BCUT2D eigenvalue weighted by Crippen LogP contribution is 2.22. The molecule has 1 saturated heterocycles. The Morgan fingerprint density at radius 1 is 1.29 bits per heavy atom. The Bertz CT molecular complexity index is 704. The largest absolute Gasteiger partial charge is 0.341 e. The Kier molecular flexibility index (Phi) is 4.97. The third-order valence-corrected chi connectivity index (χ3v) is 4.72. The molecular weight excluding hydrogens is 304 g/mol. The molecule has 0 radical (unpaired) electrons. The summed E-state index contributed by atoms with van der Waals surface area (Å²) in [6.07, 6.45) is 7.27. The summed E-state index contributed by atoms with van der Waals surface area (Å²) in [7, 11) is 0. The summed E-state index contributed by atoms with van der Waals surface area (Å²) in [5.74, 6) is 2.97. The third kappa shape index (κ3) is 3.66. The summed E-state index contributed by atoms with van der Waals surface area (Å²) in [4.78, 5) is 23.1. The second-order valence-electron chi connectivity index (χ2n) is 6.56. The maximum Gasteiger partial charge on any atom is 0.222 e. The zero-order valence-electron chi connectivity index (χ0n) is 14.8. The second kappa shape index (κ2) is 7.15. The molecule has 24 heavy (non-hydrogen) atoms. The van der Waals surface area contributed by atoms with Crippen molar-refractivity contribution in [2.45, 2.75) is 59.0 Å². The van der Waals surface area contributed by atoms with E-state index in [2.05, 4.69) is 19.6 Å². The lowest BCUT2D eigenvalue weighted by molar-refractivity contribution is -0.133. The van der Waals surface area contributed by atoms with Crippen LogP contribution in [0.1, 0.15) is 49.2 Å². The van der Waals surface area contributed by atoms with Gasteiger partial charge in [-0.15, -0.1) is 0 Å². The maximum atomic E-state index is 12.5. The lowest BCUT2D eigenvalue weighted by atomic mass is 10.1. The first-order chi connectivity index (χ1) is 11.5. The van der Waals surface area contributed by atoms with E-state index in [1.807, 2.05) is 36.5 Å². The molecule has 0 N–H and O–H groups in total. The summed E-state index contributed by atoms with van der Waals surface area (Å²) in [6, 6.07) is 0.250. The number of imidazole rings is 1. The van der Waals surface area contributed by atoms with Gasteiger partial charge in [-0.2, -0.15) is 5.10 Å². The maximum absolute atomic E-state index is 12.5. The van der Waals surface area contributed by atoms with Gasteiger partial charge < -0.3 is 9.47 Å². The summed E-state index contributed by atoms with van der Waals surface area (Å²) in [6.45, 7) is 8.32. The van der Waals surface area contributed by atoms with Gasteiger partial charge in [0.25, 0.3) is 0 Å². The number of likely N-dealkylation sites (tertiary alicyclic amines) is 1. The minimum Gasteiger partial charge on any atom is -0.341 e. The van der Waals surface area contributed by atoms with E-state index in [1.54, 1.807) is 6.20 Å². The average Bonchev–Trinajstić information content (AvgIpc) is 3.12. The Hall–Kier alpha value is -2.18. The molecule has 1 atom stereocenters. The first-order valence-electron chi connectivity index (χ1n) is 8.70. The topological polar surface area (TPSA) is 68.8 Å². The Morgan fingerprint density at radius 3 is 2.79 bits per heavy atom. The molecule has 3 rings (SSSR count). The first kappa shape index (κ1) is 16.7. The number of aryl methyl sites for hydroxylation is 4. The highest BCUT2D eigenvalue weighted by Gasteiger charge is 2.26. The number of carbonyl (C=O) groups is 1. The fraction of sp³-hybridized carbons (Fsp3) is 0.647. The van der Waals surface area contributed by atoms with E-state index in [1.165, 1.54) is 0 Å². The van der Waals surface area contributed by atoms with E-state index in [4.69, 9.17) is 0 Å². The summed E-state index contributed by atoms with van der Waals surface area (Å²) >= 11 is 0. The molecule has 2 aromatic rings. The van der Waals surface area contributed by atoms with E-state index in [-0.39, 0.29) is 11.9 Å². The van der Waals surface area contributed by atoms with Gasteiger partial charge in [0, 0.05) is 38.4 Å². The lowest BCUT2D eigenvalue weighted by Gasteiger charge is -2.33. The molecule has 1 amide bonds. The molecule has 0 aliphatic carbocycles. The molecule has 1 fully saturated rings. The predicted octanol–water partition coefficient (Wildman–Crippen LogP) is 2.04. The molecule has 0 aromatic carbocycles. The monoisotopic (exact) mass is 330 g/mol. The molecule has 7 nitrogen and oxygen atoms in total. The SMILES string of the molecule is Cc1nc(C)n([C@H]2CCCN(C(=O)CCCn3ccnc3C)C2)n1. The fourth-order valence-electron chi connectivity index (χ4n) is 3.46. The van der Waals surface area contributed by atoms with Gasteiger partial charge in [-0.3, -0.25) is 4.79 Å². The Labute approximate surface area is 142 Å². The summed E-state index contributed by atoms with van der Waals surface area (Å²) < 4.78 is 4.08. The molecule has 0 spiro atoms. The van der Waals surface area contributed by atoms with Crippen LogP contribution < -0.4 is 0 Å². The smallest absolute Gasteiger partial charge is 0.222 e. The van der Waals surface area contributed by atoms with Gasteiger partial charge in [-0.25, -0.2) is 14.6 Å². The van der Waals surface area contributed by atoms with Crippen LogP contribution >= 0.6 is 0 Å². The minimum atomic E-state index is 0.243. The third-order valence-electron chi connectivity index (χ3n) is 4.72. The van der Waals surface area contributed by atoms with Crippen molar-refractivity contribution in [3.8, 4) is 0 Å². The van der Waals surface area contributed by atoms with E-state index in [9.17, 15) is 4.79 Å². The van der Waals surface area contributed by atoms with Crippen molar-refractivity contribution in [3.05, 3.63) is 29.9 Å². The quantitative estimate of drug-likeness (QED) is 0.841. The van der Waals surface area contributed by atoms with Gasteiger partial charge in [0.15, 0.2) is 0 Å². The number of hydrogen-bond acceptors (Lipinski definition) is 4. The molecule has 7 heteroatoms. The van der Waals surface area contributed by atoms with Crippen molar-refractivity contribution in [3.63, 3.8) is 0 Å². The highest BCUT2D eigenvalue weighted by molar-refractivity contribution is 5.76. The van der Waals surface area contributed by atoms with Gasteiger partial charge in [0.05, 0.1) is 6.04 Å². The zero-order valence-corrected chi connectivity index (χ0v) is 14.8. The molecule has 0 unspecified atom stereocenters. The predicted molar refractivity (Wildman–Crippen MR) is 90.5 cm³/mol. The Balaban J connectivity index is 1.53. The van der Waals surface area contributed by atoms with Gasteiger partial charge in [-0.05, 0) is 40.0 Å². The van der Waals surface area contributed by atoms with Crippen molar-refractivity contribution in [2.75, 3.05) is 13.1 Å². The number of piperidine rings is 1. The first-order valence-corrected chi connectivity index (χ1v) is 8.70. The van der Waals surface area contributed by atoms with Crippen LogP contribution in [0.4, 0.5) is 0 Å². The normalized spacial score (nSPS) is 18.1. The molecule has 3 heterocycles. The minimum absolute atomic E-state index is 0.243. The number of nitrogens with zero attached hydrogens (tertiary/aromatic N) is 6. The summed E-state index contributed by atoms with van der Waals surface area (Å²) in [5, 5.41) is 4.49. The van der Waals surface area contributed by atoms with Crippen LogP contribution in [0, 0.1) is 20.8 Å². The number of aromatic nitrogens is 5. The van der Waals surface area contributed by atoms with Crippen LogP contribution in [0.25, 0.3) is 0 Å². The van der Waals surface area contributed by atoms with Gasteiger partial charge in [-0.1, -0.05) is 0 Å². The molecule has 1 aliphatic rings. The van der Waals surface area contributed by atoms with Crippen LogP contribution in [-0.4, -0.2) is 48.2 Å². The second-order valence-corrected chi connectivity index (χ2v) is 6.56. The standard InChI is InChI=1S/C17H26N6O/c1-13-19-15(3)23(20-13)16-6-4-10-22(12-16)17(24)7-5-9-21-11-8-18-14(21)2/h8,11,16H,4-7,9-10,12H2,1-3H3/t16-/m0/s1. The van der Waals surface area contributed by atoms with E-state index in [0.29, 0.717) is 6.42 Å². The highest BCUT2D eigenvalue weighted by atomic mass is 16.2. The molecule has 0 bridgehead atoms. The van der Waals surface area contributed by atoms with Crippen molar-refractivity contribution < 1.29 is 4.79 Å². The van der Waals surface area contributed by atoms with E-state index < -0.39 is 0 Å². The number of hydrogen-bond donors (Lipinski definition) is 0. The van der Waals surface area contributed by atoms with Crippen LogP contribution in [0.15, 0.2) is 12.4 Å². The Morgan fingerprint density at radius 2 is 2.12 bits per heavy atom. The fourth-order valence-corrected chi connectivity index (χ4v) is 3.46. The van der Waals surface area contributed by atoms with E-state index >= 15 is 0 Å². The number of amides is 1. The van der Waals surface area contributed by atoms with Crippen molar-refractivity contribution in [1.82, 2.24) is 29.2 Å². The number of rotatable bonds is 5. The summed E-state index contributed by atoms with van der Waals surface area (Å²) in [5.41, 5.74) is 0. The zero-order chi connectivity index (χ0) is 17.1. The van der Waals surface area contributed by atoms with Crippen LogP contribution in [0.5, 0.6) is 0 Å². The molecule has 1 aliphatic heterocycles. The van der Waals surface area contributed by atoms with Crippen molar-refractivity contribution in [2.24, 2.45) is 0 Å². The number of carbonyl (C=O) groups excluding carboxylic acids is 1. The lowest BCUT2D eigenvalue weighted by Crippen LogP contribution is -2.41. The van der Waals surface area contributed by atoms with Crippen molar-refractivity contribution in [1.29, 1.82) is 0 Å². The van der Waals surface area contributed by atoms with Gasteiger partial charge in [0.1, 0.15) is 17.5 Å². The van der Waals surface area contributed by atoms with E-state index in [0.717, 1.165) is 56.4 Å². The van der Waals surface area contributed by atoms with Gasteiger partial charge in [0.2, 0.25) is 5.91 Å². The molecular formula is C17H26N6O. The van der Waals surface area contributed by atoms with Gasteiger partial charge >= 0.3 is 0 Å². The molecule has 0 saturated carbocycles. The average molecular weight is 330 g/mol. The van der Waals surface area contributed by atoms with Crippen LogP contribution in [-0.2, 0) is 11.3 Å².